The molecule has 19 heavy (non-hydrogen) atoms. The minimum absolute atomic E-state index is 0.222. The van der Waals surface area contributed by atoms with Gasteiger partial charge in [0.15, 0.2) is 0 Å². The molecule has 4 heteroatoms. The van der Waals surface area contributed by atoms with E-state index in [1.807, 2.05) is 12.1 Å². The molecule has 0 atom stereocenters. The van der Waals surface area contributed by atoms with Gasteiger partial charge >= 0.3 is 0 Å². The maximum absolute atomic E-state index is 11.9. The lowest BCUT2D eigenvalue weighted by Gasteiger charge is -2.18. The maximum atomic E-state index is 11.9. The van der Waals surface area contributed by atoms with Crippen molar-refractivity contribution >= 4 is 5.78 Å². The van der Waals surface area contributed by atoms with Crippen LogP contribution in [-0.4, -0.2) is 26.1 Å². The van der Waals surface area contributed by atoms with E-state index >= 15 is 0 Å². The van der Waals surface area contributed by atoms with Gasteiger partial charge in [0.1, 0.15) is 23.9 Å². The van der Waals surface area contributed by atoms with E-state index in [2.05, 4.69) is 0 Å². The molecule has 0 bridgehead atoms. The van der Waals surface area contributed by atoms with Crippen LogP contribution in [0.1, 0.15) is 30.9 Å². The Balaban J connectivity index is 2.08. The van der Waals surface area contributed by atoms with Gasteiger partial charge in [-0.3, -0.25) is 4.79 Å². The highest BCUT2D eigenvalue weighted by atomic mass is 16.5. The van der Waals surface area contributed by atoms with Crippen LogP contribution in [0.2, 0.25) is 0 Å². The lowest BCUT2D eigenvalue weighted by molar-refractivity contribution is -0.119. The highest BCUT2D eigenvalue weighted by Gasteiger charge is 2.49. The second kappa shape index (κ2) is 4.53. The van der Waals surface area contributed by atoms with Gasteiger partial charge in [-0.05, 0) is 37.5 Å². The van der Waals surface area contributed by atoms with E-state index in [9.17, 15) is 4.79 Å². The summed E-state index contributed by atoms with van der Waals surface area (Å²) in [6, 6.07) is 3.95. The van der Waals surface area contributed by atoms with Gasteiger partial charge in [-0.15, -0.1) is 0 Å². The van der Waals surface area contributed by atoms with Crippen LogP contribution >= 0.6 is 0 Å². The number of hydrogen-bond donors (Lipinski definition) is 0. The number of Topliss-reactive ketones (excluding diaryl/α,β-unsaturated/α-hetero) is 1. The maximum Gasteiger partial charge on any atom is 0.140 e. The second-order valence-corrected chi connectivity index (χ2v) is 5.19. The number of ether oxygens (including phenoxy) is 3. The summed E-state index contributed by atoms with van der Waals surface area (Å²) in [5.74, 6) is 1.76. The van der Waals surface area contributed by atoms with Crippen LogP contribution in [0, 0.1) is 0 Å². The number of carbonyl (C=O) groups is 1. The molecule has 1 aromatic rings. The third kappa shape index (κ3) is 2.00. The minimum atomic E-state index is -0.307. The Kier molecular flexibility index (Phi) is 2.97. The molecule has 1 aromatic carbocycles. The SMILES string of the molecule is COc1cc(C2(C(C)=O)CC2)cc2c1COCCO2. The molecule has 0 aromatic heterocycles. The van der Waals surface area contributed by atoms with Crippen molar-refractivity contribution in [2.75, 3.05) is 20.3 Å². The minimum Gasteiger partial charge on any atom is -0.496 e. The van der Waals surface area contributed by atoms with Crippen molar-refractivity contribution in [2.45, 2.75) is 31.8 Å². The van der Waals surface area contributed by atoms with Gasteiger partial charge in [-0.2, -0.15) is 0 Å². The van der Waals surface area contributed by atoms with Crippen molar-refractivity contribution in [3.05, 3.63) is 23.3 Å². The summed E-state index contributed by atoms with van der Waals surface area (Å²) < 4.78 is 16.6. The standard InChI is InChI=1S/C15H18O4/c1-10(16)15(3-4-15)11-7-13(17-2)12-9-18-5-6-19-14(12)8-11/h7-8H,3-6,9H2,1-2H3. The van der Waals surface area contributed by atoms with E-state index in [0.29, 0.717) is 19.8 Å². The van der Waals surface area contributed by atoms with Crippen LogP contribution in [0.3, 0.4) is 0 Å². The summed E-state index contributed by atoms with van der Waals surface area (Å²) in [6.45, 7) is 3.26. The van der Waals surface area contributed by atoms with E-state index in [0.717, 1.165) is 35.5 Å². The Morgan fingerprint density at radius 3 is 2.74 bits per heavy atom. The Morgan fingerprint density at radius 1 is 1.32 bits per heavy atom. The fourth-order valence-electron chi connectivity index (χ4n) is 2.70. The molecule has 0 radical (unpaired) electrons. The molecule has 0 saturated heterocycles. The Morgan fingerprint density at radius 2 is 2.11 bits per heavy atom. The average Bonchev–Trinajstić information content (AvgIpc) is 3.21. The molecule has 1 aliphatic carbocycles. The van der Waals surface area contributed by atoms with Crippen LogP contribution in [0.4, 0.5) is 0 Å². The smallest absolute Gasteiger partial charge is 0.140 e. The first kappa shape index (κ1) is 12.5. The van der Waals surface area contributed by atoms with Gasteiger partial charge in [0, 0.05) is 0 Å². The van der Waals surface area contributed by atoms with Crippen molar-refractivity contribution in [1.82, 2.24) is 0 Å². The predicted molar refractivity (Wildman–Crippen MR) is 69.7 cm³/mol. The summed E-state index contributed by atoms with van der Waals surface area (Å²) in [7, 11) is 1.64. The normalized spacial score (nSPS) is 19.9. The lowest BCUT2D eigenvalue weighted by Crippen LogP contribution is -2.17. The van der Waals surface area contributed by atoms with E-state index in [1.165, 1.54) is 0 Å². The molecule has 0 amide bonds. The fraction of sp³-hybridized carbons (Fsp3) is 0.533. The molecule has 0 N–H and O–H groups in total. The first-order valence-corrected chi connectivity index (χ1v) is 6.60. The molecule has 1 fully saturated rings. The summed E-state index contributed by atoms with van der Waals surface area (Å²) >= 11 is 0. The number of hydrogen-bond acceptors (Lipinski definition) is 4. The van der Waals surface area contributed by atoms with Gasteiger partial charge < -0.3 is 14.2 Å². The highest BCUT2D eigenvalue weighted by Crippen LogP contribution is 2.51. The van der Waals surface area contributed by atoms with Crippen molar-refractivity contribution in [3.63, 3.8) is 0 Å². The van der Waals surface area contributed by atoms with Crippen LogP contribution in [0.15, 0.2) is 12.1 Å². The van der Waals surface area contributed by atoms with E-state index in [1.54, 1.807) is 14.0 Å². The Labute approximate surface area is 112 Å². The third-order valence-electron chi connectivity index (χ3n) is 4.10. The second-order valence-electron chi connectivity index (χ2n) is 5.19. The summed E-state index contributed by atoms with van der Waals surface area (Å²) in [5.41, 5.74) is 1.64. The molecular formula is C15H18O4. The molecule has 102 valence electrons. The molecule has 0 unspecified atom stereocenters. The zero-order valence-corrected chi connectivity index (χ0v) is 11.3. The summed E-state index contributed by atoms with van der Waals surface area (Å²) in [6.07, 6.45) is 1.83. The van der Waals surface area contributed by atoms with Crippen LogP contribution in [0.25, 0.3) is 0 Å². The van der Waals surface area contributed by atoms with Gasteiger partial charge in [0.2, 0.25) is 0 Å². The van der Waals surface area contributed by atoms with Crippen LogP contribution in [-0.2, 0) is 21.6 Å². The number of benzene rings is 1. The number of methoxy groups -OCH3 is 1. The lowest BCUT2D eigenvalue weighted by atomic mass is 9.90. The fourth-order valence-corrected chi connectivity index (χ4v) is 2.70. The van der Waals surface area contributed by atoms with Gasteiger partial charge in [0.25, 0.3) is 0 Å². The van der Waals surface area contributed by atoms with Crippen LogP contribution < -0.4 is 9.47 Å². The van der Waals surface area contributed by atoms with E-state index in [4.69, 9.17) is 14.2 Å². The molecule has 4 nitrogen and oxygen atoms in total. The molecule has 1 heterocycles. The molecule has 1 aliphatic heterocycles. The molecule has 2 aliphatic rings. The third-order valence-corrected chi connectivity index (χ3v) is 4.10. The quantitative estimate of drug-likeness (QED) is 0.838. The molecule has 3 rings (SSSR count). The van der Waals surface area contributed by atoms with Gasteiger partial charge in [-0.1, -0.05) is 0 Å². The van der Waals surface area contributed by atoms with Crippen LogP contribution in [0.5, 0.6) is 11.5 Å². The summed E-state index contributed by atoms with van der Waals surface area (Å²) in [4.78, 5) is 11.9. The number of carbonyl (C=O) groups excluding carboxylic acids is 1. The molecule has 0 spiro atoms. The molecule has 1 saturated carbocycles. The number of rotatable bonds is 3. The Bertz CT molecular complexity index is 517. The first-order valence-electron chi connectivity index (χ1n) is 6.60. The summed E-state index contributed by atoms with van der Waals surface area (Å²) in [5, 5.41) is 0. The topological polar surface area (TPSA) is 44.8 Å². The number of fused-ring (bicyclic) bond motifs is 1. The van der Waals surface area contributed by atoms with Crippen molar-refractivity contribution in [3.8, 4) is 11.5 Å². The highest BCUT2D eigenvalue weighted by molar-refractivity contribution is 5.91. The average molecular weight is 262 g/mol. The monoisotopic (exact) mass is 262 g/mol. The van der Waals surface area contributed by atoms with Crippen molar-refractivity contribution in [1.29, 1.82) is 0 Å². The van der Waals surface area contributed by atoms with E-state index in [-0.39, 0.29) is 11.2 Å². The van der Waals surface area contributed by atoms with Crippen molar-refractivity contribution in [2.24, 2.45) is 0 Å². The molecular weight excluding hydrogens is 244 g/mol. The number of ketones is 1. The predicted octanol–water partition coefficient (Wildman–Crippen LogP) is 2.22. The van der Waals surface area contributed by atoms with Gasteiger partial charge in [0.05, 0.1) is 31.3 Å². The first-order chi connectivity index (χ1) is 9.17. The largest absolute Gasteiger partial charge is 0.496 e. The Hall–Kier alpha value is -1.55. The van der Waals surface area contributed by atoms with E-state index < -0.39 is 0 Å². The van der Waals surface area contributed by atoms with Gasteiger partial charge in [-0.25, -0.2) is 0 Å². The zero-order chi connectivity index (χ0) is 13.5. The van der Waals surface area contributed by atoms with Crippen molar-refractivity contribution < 1.29 is 19.0 Å². The zero-order valence-electron chi connectivity index (χ0n) is 11.3.